The molecule has 1 aliphatic rings. The molecule has 51 heavy (non-hydrogen) atoms. The van der Waals surface area contributed by atoms with Gasteiger partial charge < -0.3 is 4.90 Å². The molecule has 0 bridgehead atoms. The van der Waals surface area contributed by atoms with Crippen LogP contribution in [0.15, 0.2) is 176 Å². The summed E-state index contributed by atoms with van der Waals surface area (Å²) in [6.45, 7) is 5.06. The fourth-order valence-corrected chi connectivity index (χ4v) is 12.7. The van der Waals surface area contributed by atoms with Gasteiger partial charge in [0.25, 0.3) is 0 Å². The molecule has 0 amide bonds. The lowest BCUT2D eigenvalue weighted by atomic mass is 9.98. The third kappa shape index (κ3) is 4.80. The maximum Gasteiger partial charge on any atom is 0.114 e. The zero-order chi connectivity index (χ0) is 34.1. The zero-order valence-electron chi connectivity index (χ0n) is 28.6. The van der Waals surface area contributed by atoms with Gasteiger partial charge in [0.2, 0.25) is 0 Å². The highest BCUT2D eigenvalue weighted by Crippen LogP contribution is 2.44. The van der Waals surface area contributed by atoms with E-state index in [9.17, 15) is 0 Å². The van der Waals surface area contributed by atoms with Crippen molar-refractivity contribution < 1.29 is 0 Å². The monoisotopic (exact) mass is 685 g/mol. The maximum absolute atomic E-state index is 2.53. The summed E-state index contributed by atoms with van der Waals surface area (Å²) in [7, 11) is -1.99. The van der Waals surface area contributed by atoms with Gasteiger partial charge in [0.05, 0.1) is 0 Å². The van der Waals surface area contributed by atoms with E-state index in [0.717, 1.165) is 11.4 Å². The van der Waals surface area contributed by atoms with Crippen molar-refractivity contribution in [1.29, 1.82) is 0 Å². The summed E-state index contributed by atoms with van der Waals surface area (Å²) in [5.41, 5.74) is 11.3. The number of hydrogen-bond acceptors (Lipinski definition) is 2. The van der Waals surface area contributed by atoms with E-state index in [0.29, 0.717) is 0 Å². The third-order valence-electron chi connectivity index (χ3n) is 10.9. The fraction of sp³-hybridized carbons (Fsp3) is 0.0417. The molecule has 242 valence electrons. The van der Waals surface area contributed by atoms with Gasteiger partial charge in [0, 0.05) is 37.2 Å². The summed E-state index contributed by atoms with van der Waals surface area (Å²) in [5.74, 6) is 0. The Morgan fingerprint density at radius 1 is 0.431 bits per heavy atom. The molecule has 0 saturated heterocycles. The molecular weight excluding hydrogens is 651 g/mol. The summed E-state index contributed by atoms with van der Waals surface area (Å²) >= 11 is 1.95. The molecule has 0 spiro atoms. The topological polar surface area (TPSA) is 3.24 Å². The Morgan fingerprint density at radius 2 is 1.12 bits per heavy atom. The smallest absolute Gasteiger partial charge is 0.114 e. The molecule has 9 aromatic rings. The van der Waals surface area contributed by atoms with Gasteiger partial charge >= 0.3 is 0 Å². The van der Waals surface area contributed by atoms with Gasteiger partial charge in [-0.3, -0.25) is 0 Å². The van der Waals surface area contributed by atoms with Crippen LogP contribution < -0.4 is 15.3 Å². The van der Waals surface area contributed by atoms with Crippen molar-refractivity contribution in [3.8, 4) is 33.4 Å². The highest BCUT2D eigenvalue weighted by molar-refractivity contribution is 7.26. The summed E-state index contributed by atoms with van der Waals surface area (Å²) in [5, 5.41) is 8.33. The van der Waals surface area contributed by atoms with Crippen LogP contribution in [0.1, 0.15) is 0 Å². The quantitative estimate of drug-likeness (QED) is 0.163. The third-order valence-corrected chi connectivity index (χ3v) is 15.6. The van der Waals surface area contributed by atoms with Crippen LogP contribution >= 0.6 is 11.3 Å². The van der Waals surface area contributed by atoms with E-state index in [1.165, 1.54) is 75.2 Å². The largest absolute Gasteiger partial charge is 0.310 e. The molecule has 0 atom stereocenters. The van der Waals surface area contributed by atoms with Crippen molar-refractivity contribution >= 4 is 77.8 Å². The molecule has 8 aromatic carbocycles. The van der Waals surface area contributed by atoms with Crippen molar-refractivity contribution in [1.82, 2.24) is 0 Å². The van der Waals surface area contributed by atoms with Crippen LogP contribution in [0.2, 0.25) is 13.1 Å². The van der Waals surface area contributed by atoms with Crippen molar-refractivity contribution in [2.24, 2.45) is 0 Å². The lowest BCUT2D eigenvalue weighted by Crippen LogP contribution is -2.49. The molecule has 0 radical (unpaired) electrons. The second kappa shape index (κ2) is 11.7. The first-order chi connectivity index (χ1) is 25.0. The Bertz CT molecular complexity index is 2770. The van der Waals surface area contributed by atoms with Crippen LogP contribution in [0.5, 0.6) is 0 Å². The summed E-state index contributed by atoms with van der Waals surface area (Å²) in [6, 6.07) is 65.0. The van der Waals surface area contributed by atoms with E-state index in [-0.39, 0.29) is 0 Å². The van der Waals surface area contributed by atoms with Gasteiger partial charge in [-0.05, 0) is 97.0 Å². The van der Waals surface area contributed by atoms with Crippen LogP contribution in [-0.2, 0) is 0 Å². The molecule has 0 fully saturated rings. The fourth-order valence-electron chi connectivity index (χ4n) is 8.30. The zero-order valence-corrected chi connectivity index (χ0v) is 30.4. The first-order valence-corrected chi connectivity index (χ1v) is 21.5. The summed E-state index contributed by atoms with van der Waals surface area (Å²) in [6.07, 6.45) is 0. The minimum Gasteiger partial charge on any atom is -0.310 e. The Labute approximate surface area is 303 Å². The van der Waals surface area contributed by atoms with Crippen LogP contribution in [0, 0.1) is 0 Å². The van der Waals surface area contributed by atoms with Crippen molar-refractivity contribution in [3.05, 3.63) is 176 Å². The normalized spacial score (nSPS) is 13.1. The highest BCUT2D eigenvalue weighted by Gasteiger charge is 2.39. The Balaban J connectivity index is 1.14. The minimum absolute atomic E-state index is 1.14. The summed E-state index contributed by atoms with van der Waals surface area (Å²) < 4.78 is 2.79. The molecule has 1 aliphatic heterocycles. The van der Waals surface area contributed by atoms with Gasteiger partial charge in [0.1, 0.15) is 8.07 Å². The number of benzene rings is 8. The number of rotatable bonds is 5. The van der Waals surface area contributed by atoms with Gasteiger partial charge in [-0.1, -0.05) is 147 Å². The molecule has 0 aliphatic carbocycles. The number of nitrogens with zero attached hydrogens (tertiary/aromatic N) is 1. The van der Waals surface area contributed by atoms with Crippen LogP contribution in [0.25, 0.3) is 64.3 Å². The highest BCUT2D eigenvalue weighted by atomic mass is 32.1. The number of anilines is 3. The molecule has 2 heterocycles. The first-order valence-electron chi connectivity index (χ1n) is 17.7. The van der Waals surface area contributed by atoms with E-state index in [1.807, 2.05) is 11.3 Å². The molecular formula is C48H35NSSi. The van der Waals surface area contributed by atoms with Gasteiger partial charge in [0.15, 0.2) is 0 Å². The molecule has 10 rings (SSSR count). The van der Waals surface area contributed by atoms with Gasteiger partial charge in [-0.2, -0.15) is 0 Å². The van der Waals surface area contributed by atoms with Crippen LogP contribution in [0.3, 0.4) is 0 Å². The number of hydrogen-bond donors (Lipinski definition) is 0. The van der Waals surface area contributed by atoms with Crippen molar-refractivity contribution in [2.45, 2.75) is 13.1 Å². The first kappa shape index (κ1) is 30.1. The molecule has 3 heteroatoms. The Morgan fingerprint density at radius 3 is 1.98 bits per heavy atom. The molecule has 1 aromatic heterocycles. The van der Waals surface area contributed by atoms with E-state index in [4.69, 9.17) is 0 Å². The SMILES string of the molecule is C[Si]1(C)c2cc(N(c3ccc(-c4cccc5ccccc45)cc3)c3cccc(-c4ccccc4)c3)ccc2-c2c1ccc1c2sc2ccccc21. The van der Waals surface area contributed by atoms with E-state index in [1.54, 1.807) is 5.19 Å². The number of thiophene rings is 1. The van der Waals surface area contributed by atoms with Gasteiger partial charge in [-0.25, -0.2) is 0 Å². The number of fused-ring (bicyclic) bond motifs is 8. The lowest BCUT2D eigenvalue weighted by molar-refractivity contribution is 1.29. The average molecular weight is 686 g/mol. The minimum atomic E-state index is -1.99. The van der Waals surface area contributed by atoms with Crippen molar-refractivity contribution in [3.63, 3.8) is 0 Å². The predicted molar refractivity (Wildman–Crippen MR) is 225 cm³/mol. The summed E-state index contributed by atoms with van der Waals surface area (Å²) in [4.78, 5) is 2.45. The Kier molecular flexibility index (Phi) is 6.89. The van der Waals surface area contributed by atoms with E-state index < -0.39 is 8.07 Å². The maximum atomic E-state index is 2.53. The average Bonchev–Trinajstić information content (AvgIpc) is 3.67. The standard InChI is InChI=1S/C48H35NSSi/c1-51(2)45-29-28-42-41-19-8-9-21-44(41)50-48(42)47(45)43-27-26-38(31-46(43)51)49(37-17-10-16-35(30-37)32-12-4-3-5-13-32)36-24-22-34(23-25-36)40-20-11-15-33-14-6-7-18-39(33)40/h3-31H,1-2H3. The van der Waals surface area contributed by atoms with Crippen LogP contribution in [0.4, 0.5) is 17.1 Å². The molecule has 0 N–H and O–H groups in total. The second-order valence-corrected chi connectivity index (χ2v) is 19.5. The lowest BCUT2D eigenvalue weighted by Gasteiger charge is -2.28. The molecule has 0 unspecified atom stereocenters. The van der Waals surface area contributed by atoms with E-state index >= 15 is 0 Å². The van der Waals surface area contributed by atoms with Crippen LogP contribution in [-0.4, -0.2) is 8.07 Å². The molecule has 1 nitrogen and oxygen atoms in total. The van der Waals surface area contributed by atoms with E-state index in [2.05, 4.69) is 194 Å². The second-order valence-electron chi connectivity index (χ2n) is 14.1. The Hall–Kier alpha value is -5.74. The molecule has 0 saturated carbocycles. The van der Waals surface area contributed by atoms with Crippen molar-refractivity contribution in [2.75, 3.05) is 4.90 Å². The van der Waals surface area contributed by atoms with Gasteiger partial charge in [-0.15, -0.1) is 11.3 Å². The predicted octanol–water partition coefficient (Wildman–Crippen LogP) is 12.8.